The number of aromatic amines is 1. The van der Waals surface area contributed by atoms with E-state index in [1.807, 2.05) is 30.3 Å². The van der Waals surface area contributed by atoms with Gasteiger partial charge in [-0.1, -0.05) is 178 Å². The fraction of sp³-hybridized carbons (Fsp3) is 0.0727. The van der Waals surface area contributed by atoms with Crippen molar-refractivity contribution in [3.05, 3.63) is 228 Å². The van der Waals surface area contributed by atoms with Crippen LogP contribution in [0.2, 0.25) is 0 Å². The molecule has 0 saturated carbocycles. The van der Waals surface area contributed by atoms with E-state index in [9.17, 15) is 0 Å². The summed E-state index contributed by atoms with van der Waals surface area (Å²) in [5.74, 6) is 0.500. The van der Waals surface area contributed by atoms with Crippen LogP contribution in [-0.4, -0.2) is 15.4 Å². The van der Waals surface area contributed by atoms with Gasteiger partial charge in [-0.3, -0.25) is 0 Å². The Morgan fingerprint density at radius 2 is 1.10 bits per heavy atom. The molecule has 3 N–H and O–H groups in total. The summed E-state index contributed by atoms with van der Waals surface area (Å²) in [6, 6.07) is 68.3. The largest absolute Gasteiger partial charge is 0.383 e. The maximum absolute atomic E-state index is 6.65. The van der Waals surface area contributed by atoms with E-state index in [4.69, 9.17) is 10.7 Å². The van der Waals surface area contributed by atoms with Gasteiger partial charge in [0.15, 0.2) is 0 Å². The van der Waals surface area contributed by atoms with Crippen molar-refractivity contribution in [3.8, 4) is 16.8 Å². The summed E-state index contributed by atoms with van der Waals surface area (Å²) in [6.45, 7) is 4.65. The van der Waals surface area contributed by atoms with Crippen molar-refractivity contribution < 1.29 is 0 Å². The number of allylic oxidation sites excluding steroid dienone is 1. The molecule has 0 atom stereocenters. The molecule has 2 heterocycles. The van der Waals surface area contributed by atoms with Gasteiger partial charge in [0, 0.05) is 54.8 Å². The Morgan fingerprint density at radius 3 is 1.80 bits per heavy atom. The van der Waals surface area contributed by atoms with Crippen LogP contribution in [0, 0.1) is 0 Å². The van der Waals surface area contributed by atoms with Gasteiger partial charge in [0.25, 0.3) is 0 Å². The van der Waals surface area contributed by atoms with E-state index in [2.05, 4.69) is 193 Å². The number of benzene rings is 8. The van der Waals surface area contributed by atoms with E-state index in [1.54, 1.807) is 0 Å². The number of nitrogens with one attached hydrogen (secondary N) is 1. The summed E-state index contributed by atoms with van der Waals surface area (Å²) in [5.41, 5.74) is 22.0. The van der Waals surface area contributed by atoms with Crippen LogP contribution in [0.4, 0.5) is 0 Å². The first-order valence-electron chi connectivity index (χ1n) is 20.3. The molecule has 0 bridgehead atoms. The van der Waals surface area contributed by atoms with Crippen molar-refractivity contribution in [2.24, 2.45) is 10.7 Å². The van der Waals surface area contributed by atoms with Crippen molar-refractivity contribution in [2.75, 3.05) is 0 Å². The molecule has 284 valence electrons. The summed E-state index contributed by atoms with van der Waals surface area (Å²) in [5, 5.41) is 5.09. The Morgan fingerprint density at radius 1 is 0.542 bits per heavy atom. The van der Waals surface area contributed by atoms with Gasteiger partial charge < -0.3 is 15.3 Å². The Kier molecular flexibility index (Phi) is 9.03. The quantitative estimate of drug-likeness (QED) is 0.129. The van der Waals surface area contributed by atoms with E-state index in [0.29, 0.717) is 5.84 Å². The van der Waals surface area contributed by atoms with E-state index >= 15 is 0 Å². The smallest absolute Gasteiger partial charge is 0.131 e. The Labute approximate surface area is 344 Å². The molecule has 0 spiro atoms. The highest BCUT2D eigenvalue weighted by Gasteiger charge is 2.35. The minimum Gasteiger partial charge on any atom is -0.383 e. The average Bonchev–Trinajstić information content (AvgIpc) is 3.91. The van der Waals surface area contributed by atoms with Gasteiger partial charge in [-0.25, -0.2) is 4.99 Å². The zero-order chi connectivity index (χ0) is 39.9. The second-order valence-electron chi connectivity index (χ2n) is 15.8. The third-order valence-electron chi connectivity index (χ3n) is 11.9. The lowest BCUT2D eigenvalue weighted by Crippen LogP contribution is -2.15. The number of aliphatic imine (C=N–C) groups is 1. The summed E-state index contributed by atoms with van der Waals surface area (Å²) >= 11 is 0. The first kappa shape index (κ1) is 35.9. The van der Waals surface area contributed by atoms with Crippen LogP contribution in [0.15, 0.2) is 205 Å². The third kappa shape index (κ3) is 6.49. The maximum Gasteiger partial charge on any atom is 0.131 e. The normalized spacial score (nSPS) is 13.4. The van der Waals surface area contributed by atoms with E-state index in [-0.39, 0.29) is 5.41 Å². The van der Waals surface area contributed by atoms with Crippen molar-refractivity contribution in [2.45, 2.75) is 25.7 Å². The number of hydrogen-bond donors (Lipinski definition) is 2. The Bertz CT molecular complexity index is 3130. The van der Waals surface area contributed by atoms with Gasteiger partial charge in [0.05, 0.1) is 16.7 Å². The summed E-state index contributed by atoms with van der Waals surface area (Å²) in [4.78, 5) is 8.44. The van der Waals surface area contributed by atoms with Crippen molar-refractivity contribution in [3.63, 3.8) is 0 Å². The lowest BCUT2D eigenvalue weighted by molar-refractivity contribution is 0.659. The number of H-pyrrole nitrogens is 1. The van der Waals surface area contributed by atoms with Crippen LogP contribution in [0.25, 0.3) is 66.1 Å². The minimum atomic E-state index is -0.0407. The highest BCUT2D eigenvalue weighted by atomic mass is 15.0. The SMILES string of the molecule is CC1(C)c2ccccc2-c2ccc(C/C=C(\N=C(N)c3ccccc3)c3cccc(-n4c5ccccc5c5ccccc54)c3)cc21.c1ccc2c(c1)[nH]c1ccccc12. The van der Waals surface area contributed by atoms with Gasteiger partial charge in [0.1, 0.15) is 5.84 Å². The van der Waals surface area contributed by atoms with E-state index < -0.39 is 0 Å². The molecule has 0 aliphatic heterocycles. The number of nitrogens with two attached hydrogens (primary N) is 1. The molecule has 0 amide bonds. The first-order chi connectivity index (χ1) is 28.9. The molecule has 10 aromatic rings. The predicted molar refractivity (Wildman–Crippen MR) is 249 cm³/mol. The number of nitrogens with zero attached hydrogens (tertiary/aromatic N) is 2. The summed E-state index contributed by atoms with van der Waals surface area (Å²) in [6.07, 6.45) is 2.96. The average molecular weight is 761 g/mol. The van der Waals surface area contributed by atoms with Crippen molar-refractivity contribution in [1.29, 1.82) is 0 Å². The molecule has 0 radical (unpaired) electrons. The van der Waals surface area contributed by atoms with E-state index in [1.165, 1.54) is 71.4 Å². The fourth-order valence-electron chi connectivity index (χ4n) is 8.93. The molecular weight excluding hydrogens is 717 g/mol. The van der Waals surface area contributed by atoms with Crippen LogP contribution in [-0.2, 0) is 11.8 Å². The molecule has 4 nitrogen and oxygen atoms in total. The topological polar surface area (TPSA) is 59.1 Å². The Balaban J connectivity index is 0.000000272. The summed E-state index contributed by atoms with van der Waals surface area (Å²) < 4.78 is 2.34. The molecule has 4 heteroatoms. The van der Waals surface area contributed by atoms with Crippen LogP contribution < -0.4 is 5.73 Å². The lowest BCUT2D eigenvalue weighted by Gasteiger charge is -2.21. The number of hydrogen-bond acceptors (Lipinski definition) is 1. The van der Waals surface area contributed by atoms with Gasteiger partial charge in [0.2, 0.25) is 0 Å². The molecular formula is C55H44N4. The molecule has 1 aliphatic rings. The van der Waals surface area contributed by atoms with Gasteiger partial charge in [-0.15, -0.1) is 0 Å². The standard InChI is InChI=1S/C43H35N3.C12H9N/c1-43(2)37-20-9-6-17-33(37)34-25-23-29(27-38(34)43)24-26-39(45-42(44)30-13-4-3-5-14-30)31-15-12-16-32(28-31)46-40-21-10-7-18-35(40)36-19-8-11-22-41(36)46;1-3-7-11-9(5-1)10-6-2-4-8-12(10)13-11/h3-23,25-28H,24H2,1-2H3,(H2,44,45);1-8,13H/b39-26-;. The monoisotopic (exact) mass is 760 g/mol. The summed E-state index contributed by atoms with van der Waals surface area (Å²) in [7, 11) is 0. The second kappa shape index (κ2) is 14.8. The third-order valence-corrected chi connectivity index (χ3v) is 11.9. The number of fused-ring (bicyclic) bond motifs is 9. The van der Waals surface area contributed by atoms with Crippen LogP contribution >= 0.6 is 0 Å². The van der Waals surface area contributed by atoms with Gasteiger partial charge in [-0.2, -0.15) is 0 Å². The minimum absolute atomic E-state index is 0.0407. The number of para-hydroxylation sites is 4. The van der Waals surface area contributed by atoms with E-state index in [0.717, 1.165) is 28.9 Å². The highest BCUT2D eigenvalue weighted by molar-refractivity contribution is 6.09. The number of rotatable bonds is 6. The maximum atomic E-state index is 6.65. The van der Waals surface area contributed by atoms with Crippen molar-refractivity contribution in [1.82, 2.24) is 9.55 Å². The molecule has 0 unspecified atom stereocenters. The van der Waals surface area contributed by atoms with Crippen LogP contribution in [0.5, 0.6) is 0 Å². The molecule has 0 fully saturated rings. The number of aromatic nitrogens is 2. The number of amidine groups is 1. The second-order valence-corrected chi connectivity index (χ2v) is 15.8. The van der Waals surface area contributed by atoms with Crippen LogP contribution in [0.1, 0.15) is 41.7 Å². The van der Waals surface area contributed by atoms with Crippen LogP contribution in [0.3, 0.4) is 0 Å². The van der Waals surface area contributed by atoms with Gasteiger partial charge >= 0.3 is 0 Å². The zero-order valence-electron chi connectivity index (χ0n) is 33.2. The highest BCUT2D eigenvalue weighted by Crippen LogP contribution is 2.48. The first-order valence-corrected chi connectivity index (χ1v) is 20.3. The molecule has 59 heavy (non-hydrogen) atoms. The zero-order valence-corrected chi connectivity index (χ0v) is 33.2. The Hall–Kier alpha value is -7.43. The van der Waals surface area contributed by atoms with Crippen molar-refractivity contribution >= 4 is 55.1 Å². The predicted octanol–water partition coefficient (Wildman–Crippen LogP) is 13.4. The molecule has 1 aliphatic carbocycles. The molecule has 2 aromatic heterocycles. The fourth-order valence-corrected chi connectivity index (χ4v) is 8.93. The molecule has 0 saturated heterocycles. The van der Waals surface area contributed by atoms with Gasteiger partial charge in [-0.05, 0) is 70.6 Å². The molecule has 11 rings (SSSR count). The molecule has 8 aromatic carbocycles. The lowest BCUT2D eigenvalue weighted by atomic mass is 9.82.